The minimum absolute atomic E-state index is 0.311. The van der Waals surface area contributed by atoms with Gasteiger partial charge in [0.25, 0.3) is 0 Å². The van der Waals surface area contributed by atoms with Crippen LogP contribution in [-0.2, 0) is 27.1 Å². The van der Waals surface area contributed by atoms with Crippen LogP contribution in [0, 0.1) is 5.92 Å². The molecule has 0 aliphatic carbocycles. The number of likely N-dealkylation sites (tertiary alicyclic amines) is 1. The van der Waals surface area contributed by atoms with Gasteiger partial charge in [0.2, 0.25) is 0 Å². The first-order chi connectivity index (χ1) is 14.7. The first-order valence-corrected chi connectivity index (χ1v) is 11.2. The van der Waals surface area contributed by atoms with Gasteiger partial charge < -0.3 is 9.47 Å². The first kappa shape index (κ1) is 23.3. The highest BCUT2D eigenvalue weighted by Crippen LogP contribution is 2.28. The Bertz CT molecular complexity index is 816. The summed E-state index contributed by atoms with van der Waals surface area (Å²) >= 11 is 0. The number of aromatic nitrogens is 1. The fourth-order valence-corrected chi connectivity index (χ4v) is 4.15. The van der Waals surface area contributed by atoms with Gasteiger partial charge in [0.05, 0.1) is 7.11 Å². The number of anilines is 1. The molecule has 1 aromatic rings. The number of rotatable bonds is 6. The van der Waals surface area contributed by atoms with E-state index in [9.17, 15) is 9.59 Å². The monoisotopic (exact) mass is 429 g/mol. The van der Waals surface area contributed by atoms with Crippen molar-refractivity contribution in [3.8, 4) is 0 Å². The molecule has 7 heteroatoms. The van der Waals surface area contributed by atoms with E-state index < -0.39 is 5.60 Å². The summed E-state index contributed by atoms with van der Waals surface area (Å²) in [7, 11) is 1.39. The SMILES string of the molecule is COC(=O)/C=C/CN1CCC(CCc2ccc3c(n2)N(C(=O)OC(C)(C)C)CCC3)C1. The van der Waals surface area contributed by atoms with E-state index in [4.69, 9.17) is 9.72 Å². The number of fused-ring (bicyclic) bond motifs is 1. The van der Waals surface area contributed by atoms with Crippen molar-refractivity contribution in [2.75, 3.05) is 38.2 Å². The molecule has 0 bridgehead atoms. The molecular formula is C24H35N3O4. The second kappa shape index (κ2) is 10.3. The van der Waals surface area contributed by atoms with E-state index in [-0.39, 0.29) is 12.1 Å². The quantitative estimate of drug-likeness (QED) is 0.507. The lowest BCUT2D eigenvalue weighted by Crippen LogP contribution is -2.40. The highest BCUT2D eigenvalue weighted by molar-refractivity contribution is 5.88. The molecule has 1 fully saturated rings. The van der Waals surface area contributed by atoms with Gasteiger partial charge in [-0.15, -0.1) is 0 Å². The summed E-state index contributed by atoms with van der Waals surface area (Å²) in [6.45, 7) is 9.14. The number of nitrogens with zero attached hydrogens (tertiary/aromatic N) is 3. The van der Waals surface area contributed by atoms with E-state index in [1.165, 1.54) is 13.2 Å². The van der Waals surface area contributed by atoms with Crippen molar-refractivity contribution in [3.05, 3.63) is 35.5 Å². The van der Waals surface area contributed by atoms with Crippen molar-refractivity contribution < 1.29 is 19.1 Å². The van der Waals surface area contributed by atoms with Gasteiger partial charge >= 0.3 is 12.1 Å². The number of amides is 1. The summed E-state index contributed by atoms with van der Waals surface area (Å²) in [5.74, 6) is 1.07. The zero-order valence-electron chi connectivity index (χ0n) is 19.2. The minimum atomic E-state index is -0.521. The summed E-state index contributed by atoms with van der Waals surface area (Å²) in [6.07, 6.45) is 8.02. The second-order valence-corrected chi connectivity index (χ2v) is 9.40. The van der Waals surface area contributed by atoms with Gasteiger partial charge in [-0.2, -0.15) is 0 Å². The average Bonchev–Trinajstić information content (AvgIpc) is 3.18. The lowest BCUT2D eigenvalue weighted by atomic mass is 10.00. The van der Waals surface area contributed by atoms with Crippen molar-refractivity contribution in [1.82, 2.24) is 9.88 Å². The van der Waals surface area contributed by atoms with Gasteiger partial charge in [-0.05, 0) is 77.0 Å². The van der Waals surface area contributed by atoms with Crippen LogP contribution in [0.5, 0.6) is 0 Å². The number of carbonyl (C=O) groups is 2. The number of aryl methyl sites for hydroxylation is 2. The van der Waals surface area contributed by atoms with Gasteiger partial charge in [0, 0.05) is 31.4 Å². The maximum atomic E-state index is 12.7. The van der Waals surface area contributed by atoms with Gasteiger partial charge in [0.15, 0.2) is 0 Å². The largest absolute Gasteiger partial charge is 0.466 e. The Hall–Kier alpha value is -2.41. The minimum Gasteiger partial charge on any atom is -0.466 e. The van der Waals surface area contributed by atoms with Gasteiger partial charge in [-0.1, -0.05) is 12.1 Å². The van der Waals surface area contributed by atoms with E-state index >= 15 is 0 Å². The molecule has 0 saturated carbocycles. The summed E-state index contributed by atoms with van der Waals surface area (Å²) in [5, 5.41) is 0. The Kier molecular flexibility index (Phi) is 7.70. The van der Waals surface area contributed by atoms with Gasteiger partial charge in [-0.3, -0.25) is 9.80 Å². The molecule has 0 N–H and O–H groups in total. The van der Waals surface area contributed by atoms with Crippen LogP contribution in [0.4, 0.5) is 10.6 Å². The Balaban J connectivity index is 1.55. The predicted octanol–water partition coefficient (Wildman–Crippen LogP) is 3.75. The number of hydrogen-bond donors (Lipinski definition) is 0. The maximum Gasteiger partial charge on any atom is 0.416 e. The van der Waals surface area contributed by atoms with Gasteiger partial charge in [-0.25, -0.2) is 14.6 Å². The molecule has 1 saturated heterocycles. The number of carbonyl (C=O) groups excluding carboxylic acids is 2. The summed E-state index contributed by atoms with van der Waals surface area (Å²) in [5.41, 5.74) is 1.62. The van der Waals surface area contributed by atoms with E-state index in [1.54, 1.807) is 4.90 Å². The van der Waals surface area contributed by atoms with E-state index in [0.29, 0.717) is 12.5 Å². The van der Waals surface area contributed by atoms with Crippen molar-refractivity contribution in [1.29, 1.82) is 0 Å². The number of pyridine rings is 1. The first-order valence-electron chi connectivity index (χ1n) is 11.2. The van der Waals surface area contributed by atoms with Crippen LogP contribution < -0.4 is 4.90 Å². The molecule has 170 valence electrons. The van der Waals surface area contributed by atoms with Crippen LogP contribution in [0.1, 0.15) is 51.3 Å². The standard InChI is InChI=1S/C24H35N3O4/c1-24(2,3)31-23(29)27-15-5-7-19-10-12-20(25-22(19)27)11-9-18-13-16-26(17-18)14-6-8-21(28)30-4/h6,8,10,12,18H,5,7,9,11,13-17H2,1-4H3/b8-6+. The van der Waals surface area contributed by atoms with Gasteiger partial charge in [0.1, 0.15) is 11.4 Å². The number of hydrogen-bond acceptors (Lipinski definition) is 6. The molecule has 0 aromatic carbocycles. The smallest absolute Gasteiger partial charge is 0.416 e. The van der Waals surface area contributed by atoms with Crippen LogP contribution >= 0.6 is 0 Å². The van der Waals surface area contributed by atoms with Crippen LogP contribution in [-0.4, -0.2) is 60.8 Å². The van der Waals surface area contributed by atoms with E-state index in [0.717, 1.165) is 68.8 Å². The van der Waals surface area contributed by atoms with Crippen LogP contribution in [0.15, 0.2) is 24.3 Å². The molecule has 0 spiro atoms. The second-order valence-electron chi connectivity index (χ2n) is 9.40. The molecular weight excluding hydrogens is 394 g/mol. The summed E-state index contributed by atoms with van der Waals surface area (Å²) < 4.78 is 10.2. The number of methoxy groups -OCH3 is 1. The molecule has 2 aliphatic heterocycles. The molecule has 31 heavy (non-hydrogen) atoms. The van der Waals surface area contributed by atoms with Crippen LogP contribution in [0.3, 0.4) is 0 Å². The third kappa shape index (κ3) is 6.79. The molecule has 1 atom stereocenters. The number of ether oxygens (including phenoxy) is 2. The highest BCUT2D eigenvalue weighted by Gasteiger charge is 2.29. The topological polar surface area (TPSA) is 72.0 Å². The summed E-state index contributed by atoms with van der Waals surface area (Å²) in [6, 6.07) is 4.22. The zero-order valence-corrected chi connectivity index (χ0v) is 19.2. The third-order valence-electron chi connectivity index (χ3n) is 5.71. The molecule has 0 radical (unpaired) electrons. The van der Waals surface area contributed by atoms with E-state index in [1.807, 2.05) is 26.8 Å². The molecule has 1 amide bonds. The summed E-state index contributed by atoms with van der Waals surface area (Å²) in [4.78, 5) is 32.7. The Morgan fingerprint density at radius 1 is 1.26 bits per heavy atom. The normalized spacial score (nSPS) is 19.5. The fraction of sp³-hybridized carbons (Fsp3) is 0.625. The molecule has 7 nitrogen and oxygen atoms in total. The lowest BCUT2D eigenvalue weighted by molar-refractivity contribution is -0.134. The average molecular weight is 430 g/mol. The Labute approximate surface area is 185 Å². The Morgan fingerprint density at radius 3 is 2.81 bits per heavy atom. The van der Waals surface area contributed by atoms with E-state index in [2.05, 4.69) is 21.8 Å². The maximum absolute atomic E-state index is 12.7. The van der Waals surface area contributed by atoms with Crippen molar-refractivity contribution in [3.63, 3.8) is 0 Å². The van der Waals surface area contributed by atoms with Crippen molar-refractivity contribution in [2.45, 2.75) is 58.5 Å². The van der Waals surface area contributed by atoms with Crippen molar-refractivity contribution in [2.24, 2.45) is 5.92 Å². The van der Waals surface area contributed by atoms with Crippen LogP contribution in [0.25, 0.3) is 0 Å². The number of esters is 1. The lowest BCUT2D eigenvalue weighted by Gasteiger charge is -2.31. The molecule has 2 aliphatic rings. The fourth-order valence-electron chi connectivity index (χ4n) is 4.15. The highest BCUT2D eigenvalue weighted by atomic mass is 16.6. The zero-order chi connectivity index (χ0) is 22.4. The predicted molar refractivity (Wildman–Crippen MR) is 120 cm³/mol. The third-order valence-corrected chi connectivity index (χ3v) is 5.71. The molecule has 3 rings (SSSR count). The van der Waals surface area contributed by atoms with Crippen LogP contribution in [0.2, 0.25) is 0 Å². The Morgan fingerprint density at radius 2 is 2.06 bits per heavy atom. The van der Waals surface area contributed by atoms with Crippen molar-refractivity contribution >= 4 is 17.9 Å². The molecule has 3 heterocycles. The molecule has 1 aromatic heterocycles. The molecule has 1 unspecified atom stereocenters.